The Morgan fingerprint density at radius 1 is 0.750 bits per heavy atom. The number of rotatable bonds is 1. The van der Waals surface area contributed by atoms with Crippen molar-refractivity contribution < 1.29 is 0 Å². The van der Waals surface area contributed by atoms with Crippen LogP contribution in [-0.4, -0.2) is 11.1 Å². The van der Waals surface area contributed by atoms with Crippen molar-refractivity contribution in [1.82, 2.24) is 0 Å². The van der Waals surface area contributed by atoms with Crippen LogP contribution in [0.3, 0.4) is 0 Å². The van der Waals surface area contributed by atoms with E-state index in [9.17, 15) is 0 Å². The summed E-state index contributed by atoms with van der Waals surface area (Å²) in [5.41, 5.74) is 2.87. The van der Waals surface area contributed by atoms with E-state index in [0.29, 0.717) is 0 Å². The Morgan fingerprint density at radius 2 is 1.12 bits per heavy atom. The molecule has 0 saturated heterocycles. The molecule has 90 valence electrons. The molecule has 1 heteroatoms. The highest BCUT2D eigenvalue weighted by atomic mass is 15.2. The standard InChI is InChI=1S/C15H25N/c1-12-8-10-13(11-9-12)16(14(2,3)4)15(5,6)7/h8-11H,1-7H3. The second-order valence-electron chi connectivity index (χ2n) is 6.51. The average molecular weight is 219 g/mol. The minimum atomic E-state index is 0.132. The molecule has 0 heterocycles. The lowest BCUT2D eigenvalue weighted by molar-refractivity contribution is 0.381. The molecule has 0 spiro atoms. The molecule has 0 unspecified atom stereocenters. The Hall–Kier alpha value is -0.980. The molecule has 0 aliphatic carbocycles. The molecule has 0 aromatic heterocycles. The molecule has 1 nitrogen and oxygen atoms in total. The first-order valence-electron chi connectivity index (χ1n) is 5.99. The van der Waals surface area contributed by atoms with E-state index in [2.05, 4.69) is 77.6 Å². The second kappa shape index (κ2) is 4.12. The van der Waals surface area contributed by atoms with Gasteiger partial charge in [0, 0.05) is 16.8 Å². The predicted octanol–water partition coefficient (Wildman–Crippen LogP) is 4.40. The molecule has 16 heavy (non-hydrogen) atoms. The van der Waals surface area contributed by atoms with E-state index in [-0.39, 0.29) is 11.1 Å². The van der Waals surface area contributed by atoms with Gasteiger partial charge in [-0.15, -0.1) is 0 Å². The quantitative estimate of drug-likeness (QED) is 0.676. The molecule has 0 amide bonds. The minimum Gasteiger partial charge on any atom is -0.362 e. The summed E-state index contributed by atoms with van der Waals surface area (Å²) < 4.78 is 0. The summed E-state index contributed by atoms with van der Waals surface area (Å²) in [7, 11) is 0. The van der Waals surface area contributed by atoms with Crippen molar-refractivity contribution in [3.63, 3.8) is 0 Å². The van der Waals surface area contributed by atoms with Gasteiger partial charge in [-0.2, -0.15) is 0 Å². The largest absolute Gasteiger partial charge is 0.362 e. The Bertz CT molecular complexity index is 321. The normalized spacial score (nSPS) is 12.7. The van der Waals surface area contributed by atoms with Crippen LogP contribution < -0.4 is 4.90 Å². The van der Waals surface area contributed by atoms with Crippen molar-refractivity contribution in [3.05, 3.63) is 29.8 Å². The predicted molar refractivity (Wildman–Crippen MR) is 73.2 cm³/mol. The fraction of sp³-hybridized carbons (Fsp3) is 0.600. The number of hydrogen-bond acceptors (Lipinski definition) is 1. The van der Waals surface area contributed by atoms with Crippen LogP contribution in [0.15, 0.2) is 24.3 Å². The van der Waals surface area contributed by atoms with Crippen LogP contribution in [0.25, 0.3) is 0 Å². The smallest absolute Gasteiger partial charge is 0.0375 e. The van der Waals surface area contributed by atoms with Gasteiger partial charge < -0.3 is 4.90 Å². The summed E-state index contributed by atoms with van der Waals surface area (Å²) in [6.45, 7) is 15.7. The molecule has 0 fully saturated rings. The van der Waals surface area contributed by atoms with Crippen molar-refractivity contribution in [1.29, 1.82) is 0 Å². The zero-order valence-electron chi connectivity index (χ0n) is 11.8. The van der Waals surface area contributed by atoms with Crippen LogP contribution in [0.4, 0.5) is 5.69 Å². The van der Waals surface area contributed by atoms with E-state index >= 15 is 0 Å². The van der Waals surface area contributed by atoms with Crippen LogP contribution >= 0.6 is 0 Å². The van der Waals surface area contributed by atoms with Gasteiger partial charge >= 0.3 is 0 Å². The van der Waals surface area contributed by atoms with Gasteiger partial charge in [-0.3, -0.25) is 0 Å². The molecule has 0 atom stereocenters. The Morgan fingerprint density at radius 3 is 1.44 bits per heavy atom. The molecule has 0 saturated carbocycles. The van der Waals surface area contributed by atoms with E-state index < -0.39 is 0 Å². The zero-order chi connectivity index (χ0) is 12.6. The highest BCUT2D eigenvalue weighted by molar-refractivity contribution is 5.51. The van der Waals surface area contributed by atoms with Gasteiger partial charge in [0.15, 0.2) is 0 Å². The lowest BCUT2D eigenvalue weighted by atomic mass is 9.94. The molecule has 0 radical (unpaired) electrons. The summed E-state index contributed by atoms with van der Waals surface area (Å²) in [6, 6.07) is 8.79. The summed E-state index contributed by atoms with van der Waals surface area (Å²) in [5, 5.41) is 0. The molecule has 0 aliphatic heterocycles. The fourth-order valence-corrected chi connectivity index (χ4v) is 2.47. The third kappa shape index (κ3) is 3.01. The van der Waals surface area contributed by atoms with Crippen molar-refractivity contribution in [3.8, 4) is 0 Å². The maximum atomic E-state index is 2.47. The fourth-order valence-electron chi connectivity index (χ4n) is 2.47. The summed E-state index contributed by atoms with van der Waals surface area (Å²) in [6.07, 6.45) is 0. The molecule has 0 N–H and O–H groups in total. The van der Waals surface area contributed by atoms with Gasteiger partial charge in [-0.25, -0.2) is 0 Å². The van der Waals surface area contributed by atoms with Crippen molar-refractivity contribution in [2.75, 3.05) is 4.90 Å². The monoisotopic (exact) mass is 219 g/mol. The summed E-state index contributed by atoms with van der Waals surface area (Å²) in [4.78, 5) is 2.47. The van der Waals surface area contributed by atoms with Gasteiger partial charge in [-0.05, 0) is 60.6 Å². The highest BCUT2D eigenvalue weighted by Crippen LogP contribution is 2.31. The van der Waals surface area contributed by atoms with Gasteiger partial charge in [0.05, 0.1) is 0 Å². The van der Waals surface area contributed by atoms with E-state index in [1.165, 1.54) is 11.3 Å². The van der Waals surface area contributed by atoms with Crippen LogP contribution in [0.5, 0.6) is 0 Å². The topological polar surface area (TPSA) is 3.24 Å². The molecular formula is C15H25N. The highest BCUT2D eigenvalue weighted by Gasteiger charge is 2.31. The van der Waals surface area contributed by atoms with Gasteiger partial charge in [-0.1, -0.05) is 17.7 Å². The average Bonchev–Trinajstić information content (AvgIpc) is 2.03. The SMILES string of the molecule is Cc1ccc(N(C(C)(C)C)C(C)(C)C)cc1. The van der Waals surface area contributed by atoms with Crippen molar-refractivity contribution in [2.45, 2.75) is 59.5 Å². The van der Waals surface area contributed by atoms with Gasteiger partial charge in [0.25, 0.3) is 0 Å². The van der Waals surface area contributed by atoms with Gasteiger partial charge in [0.2, 0.25) is 0 Å². The third-order valence-corrected chi connectivity index (χ3v) is 2.63. The first kappa shape index (κ1) is 13.1. The van der Waals surface area contributed by atoms with E-state index in [4.69, 9.17) is 0 Å². The first-order valence-corrected chi connectivity index (χ1v) is 5.99. The van der Waals surface area contributed by atoms with Crippen molar-refractivity contribution in [2.24, 2.45) is 0 Å². The number of benzene rings is 1. The van der Waals surface area contributed by atoms with E-state index in [0.717, 1.165) is 0 Å². The van der Waals surface area contributed by atoms with Crippen LogP contribution in [0, 0.1) is 6.92 Å². The Labute approximate surface area is 100 Å². The number of nitrogens with zero attached hydrogens (tertiary/aromatic N) is 1. The molecule has 1 aromatic carbocycles. The molecular weight excluding hydrogens is 194 g/mol. The molecule has 0 bridgehead atoms. The van der Waals surface area contributed by atoms with Crippen LogP contribution in [-0.2, 0) is 0 Å². The summed E-state index contributed by atoms with van der Waals surface area (Å²) >= 11 is 0. The van der Waals surface area contributed by atoms with Crippen molar-refractivity contribution >= 4 is 5.69 Å². The van der Waals surface area contributed by atoms with E-state index in [1.54, 1.807) is 0 Å². The minimum absolute atomic E-state index is 0.132. The Balaban J connectivity index is 3.18. The Kier molecular flexibility index (Phi) is 3.37. The first-order chi connectivity index (χ1) is 7.12. The second-order valence-corrected chi connectivity index (χ2v) is 6.51. The maximum absolute atomic E-state index is 2.47. The van der Waals surface area contributed by atoms with Crippen LogP contribution in [0.1, 0.15) is 47.1 Å². The van der Waals surface area contributed by atoms with E-state index in [1.807, 2.05) is 0 Å². The molecule has 1 aromatic rings. The van der Waals surface area contributed by atoms with Gasteiger partial charge in [0.1, 0.15) is 0 Å². The lowest BCUT2D eigenvalue weighted by Gasteiger charge is -2.47. The third-order valence-electron chi connectivity index (χ3n) is 2.63. The lowest BCUT2D eigenvalue weighted by Crippen LogP contribution is -2.53. The zero-order valence-corrected chi connectivity index (χ0v) is 11.8. The van der Waals surface area contributed by atoms with Crippen LogP contribution in [0.2, 0.25) is 0 Å². The number of hydrogen-bond donors (Lipinski definition) is 0. The molecule has 1 rings (SSSR count). The summed E-state index contributed by atoms with van der Waals surface area (Å²) in [5.74, 6) is 0. The molecule has 0 aliphatic rings. The maximum Gasteiger partial charge on any atom is 0.0375 e. The number of anilines is 1. The number of aryl methyl sites for hydroxylation is 1.